The van der Waals surface area contributed by atoms with Crippen LogP contribution in [0.5, 0.6) is 0 Å². The van der Waals surface area contributed by atoms with E-state index in [4.69, 9.17) is 0 Å². The number of carbonyl (C=O) groups is 2. The van der Waals surface area contributed by atoms with Gasteiger partial charge in [-0.15, -0.1) is 11.3 Å². The molecule has 4 rings (SSSR count). The van der Waals surface area contributed by atoms with Crippen LogP contribution in [0.4, 0.5) is 5.69 Å². The van der Waals surface area contributed by atoms with E-state index in [1.54, 1.807) is 0 Å². The van der Waals surface area contributed by atoms with Crippen LogP contribution in [-0.4, -0.2) is 34.4 Å². The monoisotopic (exact) mass is 381 g/mol. The molecule has 2 aromatic heterocycles. The zero-order valence-electron chi connectivity index (χ0n) is 15.4. The molecule has 5 nitrogen and oxygen atoms in total. The van der Waals surface area contributed by atoms with Crippen molar-refractivity contribution >= 4 is 39.7 Å². The van der Waals surface area contributed by atoms with Gasteiger partial charge >= 0.3 is 0 Å². The Kier molecular flexibility index (Phi) is 4.99. The van der Waals surface area contributed by atoms with Crippen molar-refractivity contribution in [1.29, 1.82) is 0 Å². The van der Waals surface area contributed by atoms with Gasteiger partial charge in [-0.05, 0) is 55.5 Å². The second-order valence-corrected chi connectivity index (χ2v) is 7.88. The molecule has 2 amide bonds. The molecule has 3 aromatic rings. The zero-order chi connectivity index (χ0) is 18.8. The number of nitrogens with zero attached hydrogens (tertiary/aromatic N) is 2. The van der Waals surface area contributed by atoms with E-state index in [9.17, 15) is 9.59 Å². The minimum absolute atomic E-state index is 0.00652. The van der Waals surface area contributed by atoms with E-state index in [0.717, 1.165) is 41.9 Å². The molecule has 0 spiro atoms. The average Bonchev–Trinajstić information content (AvgIpc) is 3.37. The lowest BCUT2D eigenvalue weighted by Gasteiger charge is -2.31. The first kappa shape index (κ1) is 17.8. The third-order valence-electron chi connectivity index (χ3n) is 5.19. The number of aryl methyl sites for hydroxylation is 1. The summed E-state index contributed by atoms with van der Waals surface area (Å²) >= 11 is 1.45. The first-order valence-electron chi connectivity index (χ1n) is 9.38. The summed E-state index contributed by atoms with van der Waals surface area (Å²) in [5, 5.41) is 6.07. The molecule has 0 saturated carbocycles. The number of nitrogens with one attached hydrogen (secondary N) is 1. The molecular weight excluding hydrogens is 358 g/mol. The highest BCUT2D eigenvalue weighted by molar-refractivity contribution is 7.12. The molecule has 1 saturated heterocycles. The van der Waals surface area contributed by atoms with Gasteiger partial charge in [-0.25, -0.2) is 0 Å². The van der Waals surface area contributed by atoms with Crippen molar-refractivity contribution in [1.82, 2.24) is 9.47 Å². The molecule has 27 heavy (non-hydrogen) atoms. The van der Waals surface area contributed by atoms with Crippen molar-refractivity contribution in [2.75, 3.05) is 18.4 Å². The van der Waals surface area contributed by atoms with Crippen LogP contribution in [0.25, 0.3) is 10.9 Å². The SMILES string of the molecule is CCn1ccc2cc(NC(=O)[C@H]3CCCN(C(=O)c4cccs4)C3)ccc21. The van der Waals surface area contributed by atoms with E-state index in [0.29, 0.717) is 6.54 Å². The molecule has 0 radical (unpaired) electrons. The summed E-state index contributed by atoms with van der Waals surface area (Å²) in [6.45, 7) is 4.24. The molecule has 1 N–H and O–H groups in total. The molecule has 1 aromatic carbocycles. The van der Waals surface area contributed by atoms with E-state index >= 15 is 0 Å². The molecule has 1 aliphatic rings. The Hall–Kier alpha value is -2.60. The molecule has 6 heteroatoms. The molecule has 1 atom stereocenters. The summed E-state index contributed by atoms with van der Waals surface area (Å²) < 4.78 is 2.18. The molecule has 3 heterocycles. The quantitative estimate of drug-likeness (QED) is 0.736. The van der Waals surface area contributed by atoms with Gasteiger partial charge in [0.05, 0.1) is 10.8 Å². The van der Waals surface area contributed by atoms with Crippen molar-refractivity contribution < 1.29 is 9.59 Å². The number of carbonyl (C=O) groups excluding carboxylic acids is 2. The fourth-order valence-electron chi connectivity index (χ4n) is 3.73. The average molecular weight is 382 g/mol. The van der Waals surface area contributed by atoms with E-state index in [2.05, 4.69) is 29.1 Å². The molecule has 0 unspecified atom stereocenters. The molecule has 0 aliphatic carbocycles. The Balaban J connectivity index is 1.44. The van der Waals surface area contributed by atoms with Gasteiger partial charge in [0.2, 0.25) is 5.91 Å². The molecule has 0 bridgehead atoms. The fourth-order valence-corrected chi connectivity index (χ4v) is 4.42. The lowest BCUT2D eigenvalue weighted by molar-refractivity contribution is -0.121. The number of anilines is 1. The van der Waals surface area contributed by atoms with Gasteiger partial charge in [-0.2, -0.15) is 0 Å². The van der Waals surface area contributed by atoms with Gasteiger partial charge in [-0.3, -0.25) is 9.59 Å². The van der Waals surface area contributed by atoms with Crippen molar-refractivity contribution in [3.05, 3.63) is 52.9 Å². The van der Waals surface area contributed by atoms with Crippen LogP contribution in [0.1, 0.15) is 29.4 Å². The molecule has 1 aliphatic heterocycles. The molecule has 1 fully saturated rings. The Bertz CT molecular complexity index is 961. The number of piperidine rings is 1. The number of rotatable bonds is 4. The first-order valence-corrected chi connectivity index (χ1v) is 10.3. The van der Waals surface area contributed by atoms with Crippen molar-refractivity contribution in [3.63, 3.8) is 0 Å². The van der Waals surface area contributed by atoms with Gasteiger partial charge < -0.3 is 14.8 Å². The highest BCUT2D eigenvalue weighted by Crippen LogP contribution is 2.24. The summed E-state index contributed by atoms with van der Waals surface area (Å²) in [6, 6.07) is 11.8. The lowest BCUT2D eigenvalue weighted by atomic mass is 9.96. The largest absolute Gasteiger partial charge is 0.348 e. The number of benzene rings is 1. The van der Waals surface area contributed by atoms with Gasteiger partial charge in [-0.1, -0.05) is 6.07 Å². The van der Waals surface area contributed by atoms with Crippen molar-refractivity contribution in [3.8, 4) is 0 Å². The zero-order valence-corrected chi connectivity index (χ0v) is 16.2. The molecular formula is C21H23N3O2S. The second-order valence-electron chi connectivity index (χ2n) is 6.93. The lowest BCUT2D eigenvalue weighted by Crippen LogP contribution is -2.43. The first-order chi connectivity index (χ1) is 13.2. The number of fused-ring (bicyclic) bond motifs is 1. The summed E-state index contributed by atoms with van der Waals surface area (Å²) in [5.74, 6) is -0.142. The minimum atomic E-state index is -0.168. The Morgan fingerprint density at radius 2 is 2.15 bits per heavy atom. The maximum atomic E-state index is 12.8. The second kappa shape index (κ2) is 7.56. The number of aromatic nitrogens is 1. The summed E-state index contributed by atoms with van der Waals surface area (Å²) in [6.07, 6.45) is 3.73. The van der Waals surface area contributed by atoms with Crippen LogP contribution >= 0.6 is 11.3 Å². The highest BCUT2D eigenvalue weighted by Gasteiger charge is 2.29. The van der Waals surface area contributed by atoms with Crippen molar-refractivity contribution in [2.45, 2.75) is 26.3 Å². The maximum absolute atomic E-state index is 12.8. The van der Waals surface area contributed by atoms with E-state index in [1.165, 1.54) is 16.9 Å². The molecule has 140 valence electrons. The summed E-state index contributed by atoms with van der Waals surface area (Å²) in [4.78, 5) is 27.9. The maximum Gasteiger partial charge on any atom is 0.263 e. The minimum Gasteiger partial charge on any atom is -0.348 e. The highest BCUT2D eigenvalue weighted by atomic mass is 32.1. The smallest absolute Gasteiger partial charge is 0.263 e. The number of hydrogen-bond acceptors (Lipinski definition) is 3. The van der Waals surface area contributed by atoms with Crippen LogP contribution in [0.2, 0.25) is 0 Å². The summed E-state index contributed by atoms with van der Waals surface area (Å²) in [5.41, 5.74) is 1.98. The topological polar surface area (TPSA) is 54.3 Å². The fraction of sp³-hybridized carbons (Fsp3) is 0.333. The van der Waals surface area contributed by atoms with Gasteiger partial charge in [0.15, 0.2) is 0 Å². The third kappa shape index (κ3) is 3.62. The van der Waals surface area contributed by atoms with E-state index < -0.39 is 0 Å². The predicted octanol–water partition coefficient (Wildman–Crippen LogP) is 4.21. The van der Waals surface area contributed by atoms with Crippen LogP contribution in [0.3, 0.4) is 0 Å². The van der Waals surface area contributed by atoms with Gasteiger partial charge in [0, 0.05) is 42.4 Å². The van der Waals surface area contributed by atoms with Crippen LogP contribution in [-0.2, 0) is 11.3 Å². The Morgan fingerprint density at radius 3 is 2.93 bits per heavy atom. The van der Waals surface area contributed by atoms with Gasteiger partial charge in [0.25, 0.3) is 5.91 Å². The third-order valence-corrected chi connectivity index (χ3v) is 6.05. The van der Waals surface area contributed by atoms with Crippen LogP contribution in [0.15, 0.2) is 48.0 Å². The van der Waals surface area contributed by atoms with Crippen molar-refractivity contribution in [2.24, 2.45) is 5.92 Å². The number of likely N-dealkylation sites (tertiary alicyclic amines) is 1. The normalized spacial score (nSPS) is 17.2. The van der Waals surface area contributed by atoms with Crippen LogP contribution in [0, 0.1) is 5.92 Å². The number of hydrogen-bond donors (Lipinski definition) is 1. The number of thiophene rings is 1. The van der Waals surface area contributed by atoms with Gasteiger partial charge in [0.1, 0.15) is 0 Å². The Morgan fingerprint density at radius 1 is 1.26 bits per heavy atom. The van der Waals surface area contributed by atoms with E-state index in [-0.39, 0.29) is 17.7 Å². The standard InChI is InChI=1S/C21H23N3O2S/c1-2-23-11-9-15-13-17(7-8-18(15)23)22-20(25)16-5-3-10-24(14-16)21(26)19-6-4-12-27-19/h4,6-9,11-13,16H,2-3,5,10,14H2,1H3,(H,22,25)/t16-/m0/s1. The predicted molar refractivity (Wildman–Crippen MR) is 109 cm³/mol. The number of amides is 2. The summed E-state index contributed by atoms with van der Waals surface area (Å²) in [7, 11) is 0. The van der Waals surface area contributed by atoms with Crippen LogP contribution < -0.4 is 5.32 Å². The van der Waals surface area contributed by atoms with E-state index in [1.807, 2.05) is 40.6 Å². The Labute approximate surface area is 162 Å².